The fraction of sp³-hybridized carbons (Fsp3) is 0.714. The number of methoxy groups -OCH3 is 1. The minimum atomic E-state index is -3.60. The number of nitrogens with one attached hydrogen (secondary N) is 1. The van der Waals surface area contributed by atoms with Gasteiger partial charge in [0.1, 0.15) is 12.2 Å². The fourth-order valence-corrected chi connectivity index (χ4v) is 2.44. The van der Waals surface area contributed by atoms with Gasteiger partial charge in [-0.3, -0.25) is 4.57 Å². The molecule has 0 radical (unpaired) electrons. The number of aliphatic hydroxyl groups excluding tert-OH is 1. The number of hydrogen-bond donors (Lipinski definition) is 2. The van der Waals surface area contributed by atoms with Gasteiger partial charge in [-0.1, -0.05) is 0 Å². The summed E-state index contributed by atoms with van der Waals surface area (Å²) < 4.78 is 39.4. The van der Waals surface area contributed by atoms with Crippen molar-refractivity contribution in [3.05, 3.63) is 28.4 Å². The van der Waals surface area contributed by atoms with Gasteiger partial charge < -0.3 is 19.9 Å². The number of aryl methyl sites for hydroxylation is 1. The summed E-state index contributed by atoms with van der Waals surface area (Å²) in [5.74, 6) is -3.60. The van der Waals surface area contributed by atoms with Crippen LogP contribution in [-0.2, 0) is 9.47 Å². The lowest BCUT2D eigenvalue weighted by Crippen LogP contribution is -2.44. The Balaban J connectivity index is 2.14. The van der Waals surface area contributed by atoms with Crippen molar-refractivity contribution >= 4 is 0 Å². The van der Waals surface area contributed by atoms with Crippen molar-refractivity contribution in [2.75, 3.05) is 20.3 Å². The lowest BCUT2D eigenvalue weighted by Gasteiger charge is -2.21. The molecule has 1 aromatic rings. The Bertz CT molecular complexity index is 596. The molecule has 1 saturated heterocycles. The summed E-state index contributed by atoms with van der Waals surface area (Å²) in [6.07, 6.45) is -3.87. The first kappa shape index (κ1) is 17.9. The Morgan fingerprint density at radius 1 is 1.61 bits per heavy atom. The van der Waals surface area contributed by atoms with Crippen LogP contribution in [0.25, 0.3) is 0 Å². The smallest absolute Gasteiger partial charge is 0.350 e. The summed E-state index contributed by atoms with van der Waals surface area (Å²) in [7, 11) is 1.53. The number of rotatable bonds is 6. The van der Waals surface area contributed by atoms with E-state index in [4.69, 9.17) is 9.47 Å². The molecule has 4 atom stereocenters. The number of nitrogens with zero attached hydrogens (tertiary/aromatic N) is 2. The van der Waals surface area contributed by atoms with Crippen molar-refractivity contribution in [1.82, 2.24) is 14.9 Å². The van der Waals surface area contributed by atoms with Crippen LogP contribution in [-0.4, -0.2) is 59.1 Å². The van der Waals surface area contributed by atoms with E-state index in [2.05, 4.69) is 10.3 Å². The van der Waals surface area contributed by atoms with Gasteiger partial charge in [-0.15, -0.1) is 0 Å². The third kappa shape index (κ3) is 3.74. The van der Waals surface area contributed by atoms with Crippen molar-refractivity contribution < 1.29 is 23.4 Å². The van der Waals surface area contributed by atoms with Crippen LogP contribution >= 0.6 is 0 Å². The first-order valence-electron chi connectivity index (χ1n) is 7.26. The minimum Gasteiger partial charge on any atom is -0.384 e. The first-order valence-corrected chi connectivity index (χ1v) is 7.26. The van der Waals surface area contributed by atoms with E-state index >= 15 is 0 Å². The summed E-state index contributed by atoms with van der Waals surface area (Å²) in [6.45, 7) is 3.79. The molecular weight excluding hydrogens is 312 g/mol. The van der Waals surface area contributed by atoms with Crippen molar-refractivity contribution in [1.29, 1.82) is 0 Å². The molecule has 7 nitrogen and oxygen atoms in total. The molecule has 2 N–H and O–H groups in total. The summed E-state index contributed by atoms with van der Waals surface area (Å²) in [4.78, 5) is 15.4. The molecule has 0 spiro atoms. The Kier molecular flexibility index (Phi) is 5.45. The van der Waals surface area contributed by atoms with Gasteiger partial charge in [-0.05, 0) is 19.9 Å². The zero-order valence-electron chi connectivity index (χ0n) is 13.2. The second kappa shape index (κ2) is 7.00. The first-order chi connectivity index (χ1) is 10.8. The van der Waals surface area contributed by atoms with Gasteiger partial charge in [-0.25, -0.2) is 4.79 Å². The highest BCUT2D eigenvalue weighted by Gasteiger charge is 2.59. The van der Waals surface area contributed by atoms with E-state index in [0.29, 0.717) is 16.9 Å². The second-order valence-electron chi connectivity index (χ2n) is 5.67. The maximum Gasteiger partial charge on any atom is 0.350 e. The van der Waals surface area contributed by atoms with Gasteiger partial charge in [-0.2, -0.15) is 13.8 Å². The maximum absolute atomic E-state index is 14.3. The monoisotopic (exact) mass is 333 g/mol. The molecule has 2 heterocycles. The number of aliphatic hydroxyl groups is 1. The summed E-state index contributed by atoms with van der Waals surface area (Å²) in [5, 5.41) is 12.8. The minimum absolute atomic E-state index is 0.00578. The number of hydrogen-bond acceptors (Lipinski definition) is 6. The van der Waals surface area contributed by atoms with Crippen molar-refractivity contribution in [2.45, 2.75) is 44.2 Å². The third-order valence-corrected chi connectivity index (χ3v) is 3.69. The predicted molar refractivity (Wildman–Crippen MR) is 77.4 cm³/mol. The lowest BCUT2D eigenvalue weighted by atomic mass is 10.1. The number of halogens is 2. The molecule has 2 rings (SSSR count). The average molecular weight is 333 g/mol. The van der Waals surface area contributed by atoms with Crippen LogP contribution in [0.3, 0.4) is 0 Å². The maximum atomic E-state index is 14.3. The molecule has 0 amide bonds. The SMILES string of the molecule is COCC(C)NC[C@H]1O[C@@H](n2ccc(C)nc2=O)C(F)(F)[C@@H]1O. The molecule has 0 aromatic carbocycles. The topological polar surface area (TPSA) is 85.6 Å². The highest BCUT2D eigenvalue weighted by Crippen LogP contribution is 2.41. The molecule has 1 aliphatic rings. The van der Waals surface area contributed by atoms with Crippen molar-refractivity contribution in [2.24, 2.45) is 0 Å². The van der Waals surface area contributed by atoms with Crippen LogP contribution in [0.2, 0.25) is 0 Å². The van der Waals surface area contributed by atoms with E-state index in [1.165, 1.54) is 19.4 Å². The van der Waals surface area contributed by atoms with Crippen LogP contribution in [0.4, 0.5) is 8.78 Å². The zero-order chi connectivity index (χ0) is 17.2. The van der Waals surface area contributed by atoms with E-state index in [1.54, 1.807) is 6.92 Å². The third-order valence-electron chi connectivity index (χ3n) is 3.69. The largest absolute Gasteiger partial charge is 0.384 e. The summed E-state index contributed by atoms with van der Waals surface area (Å²) >= 11 is 0. The standard InChI is InChI=1S/C14H21F2N3O4/c1-8-4-5-19(13(21)18-8)12-14(15,16)11(20)10(23-12)6-17-9(2)7-22-3/h4-5,9-12,17,20H,6-7H2,1-3H3/t9?,10-,11-,12-/m1/s1. The zero-order valence-corrected chi connectivity index (χ0v) is 13.2. The molecule has 1 unspecified atom stereocenters. The Morgan fingerprint density at radius 3 is 2.91 bits per heavy atom. The van der Waals surface area contributed by atoms with E-state index in [0.717, 1.165) is 0 Å². The predicted octanol–water partition coefficient (Wildman–Crippen LogP) is 0.0698. The number of alkyl halides is 2. The molecule has 1 aromatic heterocycles. The molecule has 9 heteroatoms. The summed E-state index contributed by atoms with van der Waals surface area (Å²) in [5.41, 5.74) is -0.428. The molecule has 0 saturated carbocycles. The average Bonchev–Trinajstić information content (AvgIpc) is 2.69. The molecule has 0 bridgehead atoms. The van der Waals surface area contributed by atoms with E-state index < -0.39 is 30.0 Å². The van der Waals surface area contributed by atoms with E-state index in [1.807, 2.05) is 6.92 Å². The highest BCUT2D eigenvalue weighted by molar-refractivity contribution is 5.01. The van der Waals surface area contributed by atoms with Crippen LogP contribution in [0.5, 0.6) is 0 Å². The fourth-order valence-electron chi connectivity index (χ4n) is 2.44. The van der Waals surface area contributed by atoms with Crippen LogP contribution in [0, 0.1) is 6.92 Å². The van der Waals surface area contributed by atoms with Crippen LogP contribution in [0.1, 0.15) is 18.8 Å². The Hall–Kier alpha value is -1.42. The van der Waals surface area contributed by atoms with Crippen molar-refractivity contribution in [3.63, 3.8) is 0 Å². The van der Waals surface area contributed by atoms with Crippen LogP contribution < -0.4 is 11.0 Å². The van der Waals surface area contributed by atoms with E-state index in [-0.39, 0.29) is 12.6 Å². The number of ether oxygens (including phenoxy) is 2. The molecule has 0 aliphatic carbocycles. The quantitative estimate of drug-likeness (QED) is 0.766. The second-order valence-corrected chi connectivity index (χ2v) is 5.67. The number of aromatic nitrogens is 2. The van der Waals surface area contributed by atoms with Gasteiger partial charge in [0.25, 0.3) is 0 Å². The van der Waals surface area contributed by atoms with E-state index in [9.17, 15) is 18.7 Å². The van der Waals surface area contributed by atoms with Gasteiger partial charge in [0.15, 0.2) is 0 Å². The molecule has 23 heavy (non-hydrogen) atoms. The van der Waals surface area contributed by atoms with Gasteiger partial charge in [0.05, 0.1) is 6.61 Å². The molecule has 1 fully saturated rings. The van der Waals surface area contributed by atoms with Crippen LogP contribution in [0.15, 0.2) is 17.1 Å². The Labute approximate surface area is 132 Å². The summed E-state index contributed by atoms with van der Waals surface area (Å²) in [6, 6.07) is 1.34. The van der Waals surface area contributed by atoms with Gasteiger partial charge in [0.2, 0.25) is 6.23 Å². The van der Waals surface area contributed by atoms with Gasteiger partial charge in [0, 0.05) is 31.6 Å². The van der Waals surface area contributed by atoms with Gasteiger partial charge >= 0.3 is 11.6 Å². The lowest BCUT2D eigenvalue weighted by molar-refractivity contribution is -0.140. The van der Waals surface area contributed by atoms with Crippen molar-refractivity contribution in [3.8, 4) is 0 Å². The normalized spacial score (nSPS) is 28.0. The molecule has 1 aliphatic heterocycles. The Morgan fingerprint density at radius 2 is 2.30 bits per heavy atom. The molecular formula is C14H21F2N3O4. The highest BCUT2D eigenvalue weighted by atomic mass is 19.3. The molecule has 130 valence electrons.